The Labute approximate surface area is 101 Å². The van der Waals surface area contributed by atoms with Crippen molar-refractivity contribution < 1.29 is 4.74 Å². The van der Waals surface area contributed by atoms with Crippen molar-refractivity contribution in [3.8, 4) is 5.75 Å². The molecular weight excluding hydrogens is 252 g/mol. The molecule has 15 heavy (non-hydrogen) atoms. The molecule has 0 amide bonds. The van der Waals surface area contributed by atoms with Gasteiger partial charge in [0.05, 0.1) is 6.61 Å². The highest BCUT2D eigenvalue weighted by Gasteiger charge is 2.16. The Morgan fingerprint density at radius 2 is 2.00 bits per heavy atom. The molecule has 0 aliphatic rings. The predicted molar refractivity (Wildman–Crippen MR) is 69.1 cm³/mol. The topological polar surface area (TPSA) is 9.23 Å². The van der Waals surface area contributed by atoms with Gasteiger partial charge >= 0.3 is 0 Å². The molecule has 2 heteroatoms. The van der Waals surface area contributed by atoms with Crippen LogP contribution < -0.4 is 4.74 Å². The van der Waals surface area contributed by atoms with E-state index in [2.05, 4.69) is 54.9 Å². The second kappa shape index (κ2) is 5.02. The Hall–Kier alpha value is -0.500. The van der Waals surface area contributed by atoms with Gasteiger partial charge in [0.2, 0.25) is 0 Å². The van der Waals surface area contributed by atoms with Gasteiger partial charge in [0.25, 0.3) is 0 Å². The van der Waals surface area contributed by atoms with Gasteiger partial charge in [0.1, 0.15) is 5.75 Å². The second-order valence-electron chi connectivity index (χ2n) is 4.44. The standard InChI is InChI=1S/C13H19BrO/c1-5-15-12-7-6-10(2)8-11(12)9-13(3,4)14/h6-8H,5,9H2,1-4H3. The Bertz CT molecular complexity index is 326. The van der Waals surface area contributed by atoms with Crippen molar-refractivity contribution in [1.29, 1.82) is 0 Å². The van der Waals surface area contributed by atoms with Gasteiger partial charge in [-0.25, -0.2) is 0 Å². The van der Waals surface area contributed by atoms with Crippen molar-refractivity contribution in [2.75, 3.05) is 6.61 Å². The lowest BCUT2D eigenvalue weighted by molar-refractivity contribution is 0.335. The minimum Gasteiger partial charge on any atom is -0.494 e. The fourth-order valence-corrected chi connectivity index (χ4v) is 1.90. The fraction of sp³-hybridized carbons (Fsp3) is 0.538. The smallest absolute Gasteiger partial charge is 0.122 e. The van der Waals surface area contributed by atoms with Gasteiger partial charge in [0, 0.05) is 4.32 Å². The van der Waals surface area contributed by atoms with Crippen LogP contribution in [0.4, 0.5) is 0 Å². The lowest BCUT2D eigenvalue weighted by Crippen LogP contribution is -2.14. The third kappa shape index (κ3) is 4.25. The molecule has 1 nitrogen and oxygen atoms in total. The molecule has 0 atom stereocenters. The third-order valence-corrected chi connectivity index (χ3v) is 2.41. The molecule has 0 bridgehead atoms. The number of hydrogen-bond acceptors (Lipinski definition) is 1. The van der Waals surface area contributed by atoms with Crippen LogP contribution in [0.15, 0.2) is 18.2 Å². The Balaban J connectivity index is 2.96. The van der Waals surface area contributed by atoms with Gasteiger partial charge in [-0.3, -0.25) is 0 Å². The zero-order chi connectivity index (χ0) is 11.5. The molecule has 0 N–H and O–H groups in total. The molecule has 1 rings (SSSR count). The predicted octanol–water partition coefficient (Wildman–Crippen LogP) is 4.11. The van der Waals surface area contributed by atoms with Gasteiger partial charge in [-0.2, -0.15) is 0 Å². The van der Waals surface area contributed by atoms with Crippen LogP contribution in [0.5, 0.6) is 5.75 Å². The molecule has 0 aromatic heterocycles. The summed E-state index contributed by atoms with van der Waals surface area (Å²) in [5.74, 6) is 1.01. The molecule has 1 aromatic carbocycles. The zero-order valence-electron chi connectivity index (χ0n) is 9.93. The van der Waals surface area contributed by atoms with E-state index in [0.29, 0.717) is 0 Å². The maximum Gasteiger partial charge on any atom is 0.122 e. The highest BCUT2D eigenvalue weighted by atomic mass is 79.9. The number of aryl methyl sites for hydroxylation is 1. The maximum atomic E-state index is 5.62. The monoisotopic (exact) mass is 270 g/mol. The third-order valence-electron chi connectivity index (χ3n) is 2.13. The summed E-state index contributed by atoms with van der Waals surface area (Å²) >= 11 is 3.67. The lowest BCUT2D eigenvalue weighted by atomic mass is 10.00. The molecule has 0 heterocycles. The van der Waals surface area contributed by atoms with E-state index in [1.54, 1.807) is 0 Å². The van der Waals surface area contributed by atoms with Crippen molar-refractivity contribution in [3.63, 3.8) is 0 Å². The number of halogens is 1. The number of ether oxygens (including phenoxy) is 1. The highest BCUT2D eigenvalue weighted by Crippen LogP contribution is 2.28. The van der Waals surface area contributed by atoms with Crippen LogP contribution in [0, 0.1) is 6.92 Å². The van der Waals surface area contributed by atoms with Crippen LogP contribution >= 0.6 is 15.9 Å². The average Bonchev–Trinajstić information content (AvgIpc) is 2.07. The highest BCUT2D eigenvalue weighted by molar-refractivity contribution is 9.10. The molecule has 1 aromatic rings. The summed E-state index contributed by atoms with van der Waals surface area (Å²) in [6, 6.07) is 6.36. The first-order valence-electron chi connectivity index (χ1n) is 5.33. The van der Waals surface area contributed by atoms with E-state index < -0.39 is 0 Å². The van der Waals surface area contributed by atoms with E-state index in [9.17, 15) is 0 Å². The van der Waals surface area contributed by atoms with Crippen LogP contribution in [-0.4, -0.2) is 10.9 Å². The van der Waals surface area contributed by atoms with Crippen LogP contribution in [0.2, 0.25) is 0 Å². The van der Waals surface area contributed by atoms with Crippen LogP contribution in [0.25, 0.3) is 0 Å². The van der Waals surface area contributed by atoms with Gasteiger partial charge in [0.15, 0.2) is 0 Å². The van der Waals surface area contributed by atoms with E-state index in [0.717, 1.165) is 18.8 Å². The normalized spacial score (nSPS) is 11.5. The van der Waals surface area contributed by atoms with E-state index in [1.807, 2.05) is 6.92 Å². The largest absolute Gasteiger partial charge is 0.494 e. The summed E-state index contributed by atoms with van der Waals surface area (Å²) in [7, 11) is 0. The minimum absolute atomic E-state index is 0.118. The van der Waals surface area contributed by atoms with Gasteiger partial charge < -0.3 is 4.74 Å². The lowest BCUT2D eigenvalue weighted by Gasteiger charge is -2.19. The van der Waals surface area contributed by atoms with E-state index >= 15 is 0 Å². The molecule has 0 aliphatic heterocycles. The Morgan fingerprint density at radius 3 is 2.53 bits per heavy atom. The first-order chi connectivity index (χ1) is 6.92. The SMILES string of the molecule is CCOc1ccc(C)cc1CC(C)(C)Br. The molecule has 0 saturated heterocycles. The zero-order valence-corrected chi connectivity index (χ0v) is 11.5. The van der Waals surface area contributed by atoms with Crippen LogP contribution in [0.3, 0.4) is 0 Å². The van der Waals surface area contributed by atoms with E-state index in [4.69, 9.17) is 4.74 Å². The summed E-state index contributed by atoms with van der Waals surface area (Å²) in [5.41, 5.74) is 2.56. The van der Waals surface area contributed by atoms with Gasteiger partial charge in [-0.15, -0.1) is 0 Å². The van der Waals surface area contributed by atoms with Crippen LogP contribution in [0.1, 0.15) is 31.9 Å². The van der Waals surface area contributed by atoms with Crippen molar-refractivity contribution in [2.24, 2.45) is 0 Å². The van der Waals surface area contributed by atoms with Crippen molar-refractivity contribution >= 4 is 15.9 Å². The van der Waals surface area contributed by atoms with Crippen molar-refractivity contribution in [2.45, 2.75) is 38.4 Å². The number of alkyl halides is 1. The van der Waals surface area contributed by atoms with Gasteiger partial charge in [-0.1, -0.05) is 33.6 Å². The molecule has 0 fully saturated rings. The Kier molecular flexibility index (Phi) is 4.21. The molecule has 0 radical (unpaired) electrons. The Morgan fingerprint density at radius 1 is 1.33 bits per heavy atom. The van der Waals surface area contributed by atoms with E-state index in [1.165, 1.54) is 11.1 Å². The number of hydrogen-bond donors (Lipinski definition) is 0. The molecule has 0 aliphatic carbocycles. The molecule has 0 spiro atoms. The van der Waals surface area contributed by atoms with E-state index in [-0.39, 0.29) is 4.32 Å². The summed E-state index contributed by atoms with van der Waals surface area (Å²) in [6.45, 7) is 9.19. The van der Waals surface area contributed by atoms with Gasteiger partial charge in [-0.05, 0) is 45.7 Å². The summed E-state index contributed by atoms with van der Waals surface area (Å²) in [5, 5.41) is 0. The first-order valence-corrected chi connectivity index (χ1v) is 6.13. The average molecular weight is 271 g/mol. The van der Waals surface area contributed by atoms with Crippen LogP contribution in [-0.2, 0) is 6.42 Å². The summed E-state index contributed by atoms with van der Waals surface area (Å²) < 4.78 is 5.73. The summed E-state index contributed by atoms with van der Waals surface area (Å²) in [6.07, 6.45) is 0.976. The quantitative estimate of drug-likeness (QED) is 0.749. The maximum absolute atomic E-state index is 5.62. The first kappa shape index (κ1) is 12.6. The fourth-order valence-electron chi connectivity index (χ4n) is 1.60. The summed E-state index contributed by atoms with van der Waals surface area (Å²) in [4.78, 5) is 0. The van der Waals surface area contributed by atoms with Crippen molar-refractivity contribution in [3.05, 3.63) is 29.3 Å². The molecule has 0 saturated carbocycles. The van der Waals surface area contributed by atoms with Crippen molar-refractivity contribution in [1.82, 2.24) is 0 Å². The number of rotatable bonds is 4. The number of benzene rings is 1. The molecule has 0 unspecified atom stereocenters. The molecular formula is C13H19BrO. The minimum atomic E-state index is 0.118. The molecule has 84 valence electrons. The second-order valence-corrected chi connectivity index (χ2v) is 6.59.